The van der Waals surface area contributed by atoms with Crippen molar-refractivity contribution < 1.29 is 25.2 Å². The Labute approximate surface area is 437 Å². The molecule has 0 aromatic rings. The van der Waals surface area contributed by atoms with Crippen LogP contribution < -0.4 is 5.32 Å². The molecule has 0 saturated heterocycles. The van der Waals surface area contributed by atoms with Gasteiger partial charge in [0.25, 0.3) is 0 Å². The zero-order chi connectivity index (χ0) is 50.9. The lowest BCUT2D eigenvalue weighted by atomic mass is 10.00. The van der Waals surface area contributed by atoms with E-state index in [1.54, 1.807) is 0 Å². The maximum absolute atomic E-state index is 12.6. The molecular weight excluding hydrogens is 863 g/mol. The zero-order valence-electron chi connectivity index (χ0n) is 47.3. The molecule has 0 aromatic heterocycles. The van der Waals surface area contributed by atoms with E-state index in [0.29, 0.717) is 12.8 Å². The summed E-state index contributed by atoms with van der Waals surface area (Å²) in [6.07, 6.45) is 72.8. The SMILES string of the molecule is CCCCCCCCCCCCCC/C=C\CCCCCCCCCCCCCCCC(O)C(=O)NC(CO)C(O)C(O)CCC/C=C/CCCCCCCCCCCCCCCCCCCCCC. The van der Waals surface area contributed by atoms with Crippen LogP contribution in [0.2, 0.25) is 0 Å². The van der Waals surface area contributed by atoms with E-state index < -0.39 is 36.9 Å². The van der Waals surface area contributed by atoms with Crippen molar-refractivity contribution in [1.29, 1.82) is 0 Å². The summed E-state index contributed by atoms with van der Waals surface area (Å²) in [6.45, 7) is 4.09. The summed E-state index contributed by atoms with van der Waals surface area (Å²) < 4.78 is 0. The van der Waals surface area contributed by atoms with E-state index >= 15 is 0 Å². The normalized spacial score (nSPS) is 13.7. The Morgan fingerprint density at radius 3 is 0.857 bits per heavy atom. The minimum Gasteiger partial charge on any atom is -0.394 e. The van der Waals surface area contributed by atoms with Gasteiger partial charge in [-0.15, -0.1) is 0 Å². The van der Waals surface area contributed by atoms with Crippen molar-refractivity contribution in [3.63, 3.8) is 0 Å². The molecule has 6 heteroatoms. The second-order valence-electron chi connectivity index (χ2n) is 22.1. The van der Waals surface area contributed by atoms with E-state index in [9.17, 15) is 25.2 Å². The fourth-order valence-electron chi connectivity index (χ4n) is 10.2. The Hall–Kier alpha value is -1.21. The molecule has 0 aliphatic heterocycles. The zero-order valence-corrected chi connectivity index (χ0v) is 47.3. The molecule has 0 heterocycles. The second kappa shape index (κ2) is 58.7. The maximum atomic E-state index is 12.6. The molecule has 6 nitrogen and oxygen atoms in total. The molecule has 0 radical (unpaired) electrons. The standard InChI is InChI=1S/C64H125NO5/c1-3-5-7-9-11-13-15-17-19-21-23-25-27-29-30-31-32-34-36-38-40-42-44-46-48-50-52-54-56-58-62(68)64(70)65-60(59-66)63(69)61(67)57-55-53-51-49-47-45-43-41-39-37-35-33-28-26-24-22-20-18-16-14-12-10-8-6-4-2/h29-30,49,51,60-63,66-69H,3-28,31-48,50,52-59H2,1-2H3,(H,65,70)/b30-29-,51-49+. The van der Waals surface area contributed by atoms with Crippen molar-refractivity contribution in [3.8, 4) is 0 Å². The van der Waals surface area contributed by atoms with Crippen LogP contribution >= 0.6 is 0 Å². The predicted octanol–water partition coefficient (Wildman–Crippen LogP) is 19.0. The van der Waals surface area contributed by atoms with Crippen LogP contribution in [0.4, 0.5) is 0 Å². The number of carbonyl (C=O) groups is 1. The number of aliphatic hydroxyl groups is 4. The summed E-state index contributed by atoms with van der Waals surface area (Å²) in [4.78, 5) is 12.6. The number of rotatable bonds is 59. The van der Waals surface area contributed by atoms with Gasteiger partial charge in [0.15, 0.2) is 0 Å². The van der Waals surface area contributed by atoms with E-state index in [1.165, 1.54) is 283 Å². The molecule has 4 unspecified atom stereocenters. The van der Waals surface area contributed by atoms with Crippen LogP contribution in [0.5, 0.6) is 0 Å². The van der Waals surface area contributed by atoms with Crippen molar-refractivity contribution in [2.75, 3.05) is 6.61 Å². The van der Waals surface area contributed by atoms with Gasteiger partial charge in [-0.2, -0.15) is 0 Å². The summed E-state index contributed by atoms with van der Waals surface area (Å²) >= 11 is 0. The van der Waals surface area contributed by atoms with Gasteiger partial charge >= 0.3 is 0 Å². The van der Waals surface area contributed by atoms with Gasteiger partial charge in [-0.3, -0.25) is 4.79 Å². The largest absolute Gasteiger partial charge is 0.394 e. The fraction of sp³-hybridized carbons (Fsp3) is 0.922. The van der Waals surface area contributed by atoms with Crippen LogP contribution in [0.1, 0.15) is 348 Å². The number of hydrogen-bond acceptors (Lipinski definition) is 5. The lowest BCUT2D eigenvalue weighted by molar-refractivity contribution is -0.132. The first kappa shape index (κ1) is 68.8. The van der Waals surface area contributed by atoms with Crippen LogP contribution in [0, 0.1) is 0 Å². The third kappa shape index (κ3) is 51.7. The summed E-state index contributed by atoms with van der Waals surface area (Å²) in [5.41, 5.74) is 0. The predicted molar refractivity (Wildman–Crippen MR) is 307 cm³/mol. The Morgan fingerprint density at radius 2 is 0.586 bits per heavy atom. The van der Waals surface area contributed by atoms with Gasteiger partial charge in [-0.1, -0.05) is 308 Å². The van der Waals surface area contributed by atoms with Crippen LogP contribution in [-0.2, 0) is 4.79 Å². The highest BCUT2D eigenvalue weighted by Gasteiger charge is 2.28. The second-order valence-corrected chi connectivity index (χ2v) is 22.1. The molecule has 0 fully saturated rings. The molecule has 0 aliphatic rings. The van der Waals surface area contributed by atoms with E-state index in [1.807, 2.05) is 0 Å². The third-order valence-corrected chi connectivity index (χ3v) is 15.1. The Balaban J connectivity index is 3.60. The van der Waals surface area contributed by atoms with Gasteiger partial charge in [0.2, 0.25) is 5.91 Å². The van der Waals surface area contributed by atoms with Gasteiger partial charge in [0.05, 0.1) is 18.8 Å². The molecular formula is C64H125NO5. The lowest BCUT2D eigenvalue weighted by Crippen LogP contribution is -2.53. The summed E-state index contributed by atoms with van der Waals surface area (Å²) in [5, 5.41) is 44.1. The Kier molecular flexibility index (Phi) is 57.7. The minimum absolute atomic E-state index is 0.365. The van der Waals surface area contributed by atoms with Crippen molar-refractivity contribution >= 4 is 5.91 Å². The van der Waals surface area contributed by atoms with Gasteiger partial charge in [0, 0.05) is 0 Å². The molecule has 0 spiro atoms. The molecule has 1 amide bonds. The van der Waals surface area contributed by atoms with Crippen molar-refractivity contribution in [2.45, 2.75) is 372 Å². The topological polar surface area (TPSA) is 110 Å². The highest BCUT2D eigenvalue weighted by molar-refractivity contribution is 5.80. The number of carbonyl (C=O) groups excluding carboxylic acids is 1. The van der Waals surface area contributed by atoms with Gasteiger partial charge < -0.3 is 25.7 Å². The first-order valence-electron chi connectivity index (χ1n) is 31.7. The molecule has 0 rings (SSSR count). The van der Waals surface area contributed by atoms with Crippen LogP contribution in [-0.4, -0.2) is 57.3 Å². The summed E-state index contributed by atoms with van der Waals surface area (Å²) in [5.74, 6) is -0.588. The van der Waals surface area contributed by atoms with Crippen molar-refractivity contribution in [1.82, 2.24) is 5.32 Å². The fourth-order valence-corrected chi connectivity index (χ4v) is 10.2. The van der Waals surface area contributed by atoms with Gasteiger partial charge in [0.1, 0.15) is 12.2 Å². The van der Waals surface area contributed by atoms with E-state index in [2.05, 4.69) is 43.5 Å². The molecule has 70 heavy (non-hydrogen) atoms. The highest BCUT2D eigenvalue weighted by atomic mass is 16.3. The van der Waals surface area contributed by atoms with E-state index in [4.69, 9.17) is 0 Å². The third-order valence-electron chi connectivity index (χ3n) is 15.1. The smallest absolute Gasteiger partial charge is 0.249 e. The number of nitrogens with one attached hydrogen (secondary N) is 1. The molecule has 0 aliphatic carbocycles. The maximum Gasteiger partial charge on any atom is 0.249 e. The van der Waals surface area contributed by atoms with Crippen molar-refractivity contribution in [3.05, 3.63) is 24.3 Å². The van der Waals surface area contributed by atoms with Crippen LogP contribution in [0.25, 0.3) is 0 Å². The number of hydrogen-bond donors (Lipinski definition) is 5. The molecule has 416 valence electrons. The van der Waals surface area contributed by atoms with Gasteiger partial charge in [-0.05, 0) is 64.2 Å². The summed E-state index contributed by atoms with van der Waals surface area (Å²) in [6, 6.07) is -1.00. The molecule has 4 atom stereocenters. The average Bonchev–Trinajstić information content (AvgIpc) is 3.36. The minimum atomic E-state index is -1.28. The number of amides is 1. The molecule has 0 saturated carbocycles. The van der Waals surface area contributed by atoms with E-state index in [-0.39, 0.29) is 0 Å². The monoisotopic (exact) mass is 988 g/mol. The van der Waals surface area contributed by atoms with Crippen LogP contribution in [0.3, 0.4) is 0 Å². The summed E-state index contributed by atoms with van der Waals surface area (Å²) in [7, 11) is 0. The average molecular weight is 989 g/mol. The first-order chi connectivity index (χ1) is 34.5. The Bertz CT molecular complexity index is 1060. The molecule has 0 bridgehead atoms. The van der Waals surface area contributed by atoms with Crippen molar-refractivity contribution in [2.24, 2.45) is 0 Å². The van der Waals surface area contributed by atoms with Gasteiger partial charge in [-0.25, -0.2) is 0 Å². The molecule has 5 N–H and O–H groups in total. The quantitative estimate of drug-likeness (QED) is 0.0308. The number of unbranched alkanes of at least 4 members (excludes halogenated alkanes) is 46. The number of allylic oxidation sites excluding steroid dienone is 4. The number of aliphatic hydroxyl groups excluding tert-OH is 4. The first-order valence-corrected chi connectivity index (χ1v) is 31.7. The lowest BCUT2D eigenvalue weighted by Gasteiger charge is -2.27. The Morgan fingerprint density at radius 1 is 0.343 bits per heavy atom. The van der Waals surface area contributed by atoms with E-state index in [0.717, 1.165) is 38.5 Å². The molecule has 0 aromatic carbocycles. The highest BCUT2D eigenvalue weighted by Crippen LogP contribution is 2.18. The van der Waals surface area contributed by atoms with Crippen LogP contribution in [0.15, 0.2) is 24.3 Å².